The molecule has 28 heavy (non-hydrogen) atoms. The van der Waals surface area contributed by atoms with Crippen molar-refractivity contribution in [3.05, 3.63) is 0 Å². The van der Waals surface area contributed by atoms with Gasteiger partial charge in [0.25, 0.3) is 0 Å². The van der Waals surface area contributed by atoms with Gasteiger partial charge in [-0.3, -0.25) is 4.79 Å². The Morgan fingerprint density at radius 3 is 1.07 bits per heavy atom. The number of carbonyl (C=O) groups is 1. The summed E-state index contributed by atoms with van der Waals surface area (Å²) in [4.78, 5) is 10.2. The first-order chi connectivity index (χ1) is 13.7. The molecule has 0 fully saturated rings. The van der Waals surface area contributed by atoms with E-state index in [1.165, 1.54) is 109 Å². The van der Waals surface area contributed by atoms with Gasteiger partial charge >= 0.3 is 5.97 Å². The molecule has 0 spiro atoms. The first-order valence-electron chi connectivity index (χ1n) is 12.5. The Balaban J connectivity index is 0. The van der Waals surface area contributed by atoms with E-state index < -0.39 is 5.97 Å². The number of carboxylic acid groups (broad SMARTS) is 1. The van der Waals surface area contributed by atoms with Gasteiger partial charge in [-0.1, -0.05) is 129 Å². The van der Waals surface area contributed by atoms with E-state index in [1.807, 2.05) is 0 Å². The maximum Gasteiger partial charge on any atom is 0.303 e. The van der Waals surface area contributed by atoms with Crippen LogP contribution in [0.4, 0.5) is 0 Å². The number of hydrogen-bond donors (Lipinski definition) is 2. The molecule has 2 N–H and O–H groups in total. The van der Waals surface area contributed by atoms with Gasteiger partial charge in [-0.25, -0.2) is 0 Å². The summed E-state index contributed by atoms with van der Waals surface area (Å²) in [6.07, 6.45) is 26.3. The maximum absolute atomic E-state index is 10.2. The van der Waals surface area contributed by atoms with E-state index in [2.05, 4.69) is 13.8 Å². The zero-order valence-corrected chi connectivity index (χ0v) is 19.4. The SMILES string of the molecule is CCCCCCCCCCCC(=O)O.CCCCCCCCCCCCCO. The average molecular weight is 401 g/mol. The Kier molecular flexibility index (Phi) is 30.3. The summed E-state index contributed by atoms with van der Waals surface area (Å²) in [5.41, 5.74) is 0. The predicted octanol–water partition coefficient (Wildman–Crippen LogP) is 8.28. The molecule has 0 aromatic rings. The fraction of sp³-hybridized carbons (Fsp3) is 0.960. The summed E-state index contributed by atoms with van der Waals surface area (Å²) < 4.78 is 0. The molecule has 0 amide bonds. The van der Waals surface area contributed by atoms with Crippen LogP contribution >= 0.6 is 0 Å². The molecule has 0 heterocycles. The summed E-state index contributed by atoms with van der Waals surface area (Å²) >= 11 is 0. The van der Waals surface area contributed by atoms with Gasteiger partial charge in [0.1, 0.15) is 0 Å². The molecule has 0 bridgehead atoms. The molecular formula is C25H52O3. The van der Waals surface area contributed by atoms with E-state index in [4.69, 9.17) is 10.2 Å². The van der Waals surface area contributed by atoms with E-state index in [9.17, 15) is 4.79 Å². The highest BCUT2D eigenvalue weighted by Gasteiger charge is 1.96. The summed E-state index contributed by atoms with van der Waals surface area (Å²) in [7, 11) is 0. The fourth-order valence-electron chi connectivity index (χ4n) is 3.36. The lowest BCUT2D eigenvalue weighted by Gasteiger charge is -2.01. The van der Waals surface area contributed by atoms with Crippen molar-refractivity contribution in [3.63, 3.8) is 0 Å². The van der Waals surface area contributed by atoms with Crippen molar-refractivity contribution in [2.24, 2.45) is 0 Å². The molecule has 0 aliphatic carbocycles. The Hall–Kier alpha value is -0.570. The van der Waals surface area contributed by atoms with Gasteiger partial charge < -0.3 is 10.2 Å². The Morgan fingerprint density at radius 1 is 0.500 bits per heavy atom. The topological polar surface area (TPSA) is 57.5 Å². The first-order valence-corrected chi connectivity index (χ1v) is 12.5. The van der Waals surface area contributed by atoms with Crippen LogP contribution in [0.3, 0.4) is 0 Å². The summed E-state index contributed by atoms with van der Waals surface area (Å²) in [6, 6.07) is 0. The van der Waals surface area contributed by atoms with Crippen LogP contribution in [0.15, 0.2) is 0 Å². The lowest BCUT2D eigenvalue weighted by molar-refractivity contribution is -0.137. The normalized spacial score (nSPS) is 10.5. The van der Waals surface area contributed by atoms with Crippen LogP contribution in [0, 0.1) is 0 Å². The molecule has 0 atom stereocenters. The second-order valence-corrected chi connectivity index (χ2v) is 8.23. The molecule has 0 radical (unpaired) electrons. The second kappa shape index (κ2) is 28.6. The van der Waals surface area contributed by atoms with E-state index >= 15 is 0 Å². The van der Waals surface area contributed by atoms with Crippen molar-refractivity contribution >= 4 is 5.97 Å². The average Bonchev–Trinajstić information content (AvgIpc) is 2.68. The molecule has 3 nitrogen and oxygen atoms in total. The van der Waals surface area contributed by atoms with Crippen molar-refractivity contribution in [1.29, 1.82) is 0 Å². The lowest BCUT2D eigenvalue weighted by atomic mass is 10.1. The highest BCUT2D eigenvalue weighted by Crippen LogP contribution is 2.11. The predicted molar refractivity (Wildman–Crippen MR) is 123 cm³/mol. The number of rotatable bonds is 21. The van der Waals surface area contributed by atoms with E-state index in [-0.39, 0.29) is 0 Å². The second-order valence-electron chi connectivity index (χ2n) is 8.23. The molecule has 0 aromatic heterocycles. The third kappa shape index (κ3) is 33.0. The summed E-state index contributed by atoms with van der Waals surface area (Å²) in [6.45, 7) is 4.87. The lowest BCUT2D eigenvalue weighted by Crippen LogP contribution is -1.93. The van der Waals surface area contributed by atoms with Crippen molar-refractivity contribution in [2.45, 2.75) is 149 Å². The first kappa shape index (κ1) is 29.6. The zero-order valence-electron chi connectivity index (χ0n) is 19.4. The highest BCUT2D eigenvalue weighted by atomic mass is 16.4. The van der Waals surface area contributed by atoms with Crippen molar-refractivity contribution < 1.29 is 15.0 Å². The van der Waals surface area contributed by atoms with E-state index in [0.717, 1.165) is 19.3 Å². The minimum absolute atomic E-state index is 0.343. The van der Waals surface area contributed by atoms with Crippen LogP contribution in [0.2, 0.25) is 0 Å². The van der Waals surface area contributed by atoms with Crippen LogP contribution in [-0.2, 0) is 4.79 Å². The molecule has 170 valence electrons. The summed E-state index contributed by atoms with van der Waals surface area (Å²) in [5, 5.41) is 17.0. The molecule has 0 rings (SSSR count). The van der Waals surface area contributed by atoms with Crippen molar-refractivity contribution in [1.82, 2.24) is 0 Å². The standard InChI is InChI=1S/C13H28O.C12H24O2/c1-2-3-4-5-6-7-8-9-10-11-12-13-14;1-2-3-4-5-6-7-8-9-10-11-12(13)14/h14H,2-13H2,1H3;2-11H2,1H3,(H,13,14). The number of aliphatic hydroxyl groups is 1. The number of hydrogen-bond acceptors (Lipinski definition) is 2. The third-order valence-electron chi connectivity index (χ3n) is 5.26. The monoisotopic (exact) mass is 400 g/mol. The van der Waals surface area contributed by atoms with Crippen LogP contribution < -0.4 is 0 Å². The zero-order chi connectivity index (χ0) is 21.1. The van der Waals surface area contributed by atoms with Crippen LogP contribution in [0.1, 0.15) is 149 Å². The fourth-order valence-corrected chi connectivity index (χ4v) is 3.36. The van der Waals surface area contributed by atoms with Crippen molar-refractivity contribution in [3.8, 4) is 0 Å². The van der Waals surface area contributed by atoms with Crippen LogP contribution in [0.25, 0.3) is 0 Å². The van der Waals surface area contributed by atoms with Crippen LogP contribution in [0.5, 0.6) is 0 Å². The molecular weight excluding hydrogens is 348 g/mol. The van der Waals surface area contributed by atoms with Gasteiger partial charge in [-0.05, 0) is 12.8 Å². The van der Waals surface area contributed by atoms with Gasteiger partial charge in [-0.15, -0.1) is 0 Å². The van der Waals surface area contributed by atoms with Gasteiger partial charge in [-0.2, -0.15) is 0 Å². The molecule has 3 heteroatoms. The Morgan fingerprint density at radius 2 is 0.786 bits per heavy atom. The number of aliphatic carboxylic acids is 1. The van der Waals surface area contributed by atoms with Gasteiger partial charge in [0, 0.05) is 13.0 Å². The molecule has 0 saturated carbocycles. The van der Waals surface area contributed by atoms with E-state index in [1.54, 1.807) is 0 Å². The number of aliphatic hydroxyl groups excluding tert-OH is 1. The molecule has 0 aromatic carbocycles. The van der Waals surface area contributed by atoms with E-state index in [0.29, 0.717) is 13.0 Å². The minimum atomic E-state index is -0.659. The molecule has 0 unspecified atom stereocenters. The minimum Gasteiger partial charge on any atom is -0.481 e. The Labute approximate surface area is 176 Å². The van der Waals surface area contributed by atoms with Gasteiger partial charge in [0.05, 0.1) is 0 Å². The quantitative estimate of drug-likeness (QED) is 0.190. The molecule has 0 saturated heterocycles. The third-order valence-corrected chi connectivity index (χ3v) is 5.26. The van der Waals surface area contributed by atoms with Crippen molar-refractivity contribution in [2.75, 3.05) is 6.61 Å². The number of carboxylic acids is 1. The molecule has 0 aliphatic heterocycles. The smallest absolute Gasteiger partial charge is 0.303 e. The molecule has 0 aliphatic rings. The summed E-state index contributed by atoms with van der Waals surface area (Å²) in [5.74, 6) is -0.659. The largest absolute Gasteiger partial charge is 0.481 e. The maximum atomic E-state index is 10.2. The number of unbranched alkanes of at least 4 members (excludes halogenated alkanes) is 18. The highest BCUT2D eigenvalue weighted by molar-refractivity contribution is 5.66. The Bertz CT molecular complexity index is 267. The van der Waals surface area contributed by atoms with Gasteiger partial charge in [0.2, 0.25) is 0 Å². The van der Waals surface area contributed by atoms with Gasteiger partial charge in [0.15, 0.2) is 0 Å². The van der Waals surface area contributed by atoms with Crippen LogP contribution in [-0.4, -0.2) is 22.8 Å².